The van der Waals surface area contributed by atoms with Crippen LogP contribution >= 0.6 is 0 Å². The highest BCUT2D eigenvalue weighted by atomic mass is 16.5. The first kappa shape index (κ1) is 11.3. The van der Waals surface area contributed by atoms with E-state index in [0.29, 0.717) is 6.73 Å². The lowest BCUT2D eigenvalue weighted by atomic mass is 10.4. The number of ether oxygens (including phenoxy) is 1. The highest BCUT2D eigenvalue weighted by Gasteiger charge is 2.17. The second-order valence-corrected chi connectivity index (χ2v) is 3.84. The number of anilines is 1. The average Bonchev–Trinajstić information content (AvgIpc) is 2.74. The van der Waals surface area contributed by atoms with E-state index in [0.717, 1.165) is 44.4 Å². The third-order valence-corrected chi connectivity index (χ3v) is 2.66. The number of nitrogens with zero attached hydrogens (tertiary/aromatic N) is 4. The van der Waals surface area contributed by atoms with Crippen LogP contribution in [0.5, 0.6) is 0 Å². The maximum Gasteiger partial charge on any atom is 0.226 e. The Bertz CT molecular complexity index is 332. The zero-order valence-corrected chi connectivity index (χ0v) is 9.94. The van der Waals surface area contributed by atoms with E-state index in [4.69, 9.17) is 4.74 Å². The fourth-order valence-corrected chi connectivity index (χ4v) is 1.84. The summed E-state index contributed by atoms with van der Waals surface area (Å²) in [5.74, 6) is 1.81. The van der Waals surface area contributed by atoms with Crippen molar-refractivity contribution in [2.24, 2.45) is 0 Å². The van der Waals surface area contributed by atoms with E-state index in [-0.39, 0.29) is 0 Å². The number of piperazine rings is 1. The molecule has 0 bridgehead atoms. The monoisotopic (exact) mass is 225 g/mol. The Kier molecular flexibility index (Phi) is 3.74. The summed E-state index contributed by atoms with van der Waals surface area (Å²) in [7, 11) is 1.68. The molecule has 0 atom stereocenters. The minimum Gasteiger partial charge on any atom is -0.362 e. The Labute approximate surface area is 95.6 Å². The molecule has 1 fully saturated rings. The Morgan fingerprint density at radius 1 is 1.38 bits per heavy atom. The van der Waals surface area contributed by atoms with Gasteiger partial charge in [-0.2, -0.15) is 10.1 Å². The summed E-state index contributed by atoms with van der Waals surface area (Å²) in [6, 6.07) is 0. The molecule has 2 heterocycles. The van der Waals surface area contributed by atoms with Crippen LogP contribution in [0, 0.1) is 0 Å². The van der Waals surface area contributed by atoms with E-state index in [1.165, 1.54) is 0 Å². The minimum atomic E-state index is 0.465. The molecule has 0 radical (unpaired) electrons. The average molecular weight is 225 g/mol. The number of aromatic nitrogens is 3. The molecule has 2 rings (SSSR count). The summed E-state index contributed by atoms with van der Waals surface area (Å²) in [6.07, 6.45) is 0.857. The fourth-order valence-electron chi connectivity index (χ4n) is 1.84. The lowest BCUT2D eigenvalue weighted by Crippen LogP contribution is -2.44. The van der Waals surface area contributed by atoms with Gasteiger partial charge in [0.25, 0.3) is 0 Å². The third-order valence-electron chi connectivity index (χ3n) is 2.66. The number of aryl methyl sites for hydroxylation is 1. The first-order chi connectivity index (χ1) is 7.85. The first-order valence-electron chi connectivity index (χ1n) is 5.73. The quantitative estimate of drug-likeness (QED) is 0.772. The zero-order valence-electron chi connectivity index (χ0n) is 9.94. The van der Waals surface area contributed by atoms with Gasteiger partial charge in [0.2, 0.25) is 5.95 Å². The third kappa shape index (κ3) is 2.33. The topological polar surface area (TPSA) is 55.2 Å². The summed E-state index contributed by atoms with van der Waals surface area (Å²) in [6.45, 7) is 6.49. The maximum absolute atomic E-state index is 5.14. The van der Waals surface area contributed by atoms with E-state index in [9.17, 15) is 0 Å². The highest BCUT2D eigenvalue weighted by molar-refractivity contribution is 5.31. The van der Waals surface area contributed by atoms with Crippen LogP contribution in [0.1, 0.15) is 12.7 Å². The molecule has 0 unspecified atom stereocenters. The summed E-state index contributed by atoms with van der Waals surface area (Å²) in [5, 5.41) is 7.74. The van der Waals surface area contributed by atoms with Crippen LogP contribution in [0.4, 0.5) is 5.95 Å². The smallest absolute Gasteiger partial charge is 0.226 e. The van der Waals surface area contributed by atoms with Crippen molar-refractivity contribution in [3.63, 3.8) is 0 Å². The van der Waals surface area contributed by atoms with Crippen molar-refractivity contribution in [1.29, 1.82) is 0 Å². The zero-order chi connectivity index (χ0) is 11.4. The predicted octanol–water partition coefficient (Wildman–Crippen LogP) is -0.146. The van der Waals surface area contributed by atoms with Gasteiger partial charge in [-0.1, -0.05) is 6.92 Å². The molecule has 1 aromatic rings. The van der Waals surface area contributed by atoms with Crippen molar-refractivity contribution in [2.75, 3.05) is 38.2 Å². The molecule has 1 aliphatic rings. The molecule has 90 valence electrons. The molecule has 0 saturated carbocycles. The molecule has 1 N–H and O–H groups in total. The van der Waals surface area contributed by atoms with Crippen LogP contribution in [0.25, 0.3) is 0 Å². The van der Waals surface area contributed by atoms with Crippen LogP contribution in [0.15, 0.2) is 0 Å². The largest absolute Gasteiger partial charge is 0.362 e. The summed E-state index contributed by atoms with van der Waals surface area (Å²) in [5.41, 5.74) is 0. The molecular formula is C10H19N5O. The maximum atomic E-state index is 5.14. The van der Waals surface area contributed by atoms with Crippen molar-refractivity contribution in [3.8, 4) is 0 Å². The predicted molar refractivity (Wildman–Crippen MR) is 61.5 cm³/mol. The highest BCUT2D eigenvalue weighted by Crippen LogP contribution is 2.12. The summed E-state index contributed by atoms with van der Waals surface area (Å²) < 4.78 is 6.97. The number of nitrogens with one attached hydrogen (secondary N) is 1. The molecule has 6 heteroatoms. The second-order valence-electron chi connectivity index (χ2n) is 3.84. The molecule has 6 nitrogen and oxygen atoms in total. The lowest BCUT2D eigenvalue weighted by Gasteiger charge is -2.27. The number of hydrogen-bond donors (Lipinski definition) is 1. The van der Waals surface area contributed by atoms with Crippen molar-refractivity contribution in [3.05, 3.63) is 5.82 Å². The molecule has 1 aliphatic heterocycles. The molecule has 0 amide bonds. The molecule has 0 aliphatic carbocycles. The fraction of sp³-hybridized carbons (Fsp3) is 0.800. The first-order valence-corrected chi connectivity index (χ1v) is 5.73. The molecule has 0 aromatic carbocycles. The van der Waals surface area contributed by atoms with Gasteiger partial charge in [0.15, 0.2) is 5.82 Å². The normalized spacial score (nSPS) is 16.8. The van der Waals surface area contributed by atoms with Gasteiger partial charge < -0.3 is 15.0 Å². The Morgan fingerprint density at radius 2 is 2.12 bits per heavy atom. The van der Waals surface area contributed by atoms with Crippen LogP contribution in [0.3, 0.4) is 0 Å². The standard InChI is InChI=1S/C10H19N5O/c1-3-9-12-10(15(13-9)8-16-2)14-6-4-11-5-7-14/h11H,3-8H2,1-2H3. The van der Waals surface area contributed by atoms with E-state index in [2.05, 4.69) is 27.2 Å². The van der Waals surface area contributed by atoms with Gasteiger partial charge in [-0.25, -0.2) is 4.68 Å². The van der Waals surface area contributed by atoms with E-state index in [1.807, 2.05) is 4.68 Å². The molecule has 0 spiro atoms. The van der Waals surface area contributed by atoms with Crippen molar-refractivity contribution < 1.29 is 4.74 Å². The number of methoxy groups -OCH3 is 1. The lowest BCUT2D eigenvalue weighted by molar-refractivity contribution is 0.121. The van der Waals surface area contributed by atoms with Crippen LogP contribution < -0.4 is 10.2 Å². The van der Waals surface area contributed by atoms with Crippen molar-refractivity contribution in [1.82, 2.24) is 20.1 Å². The van der Waals surface area contributed by atoms with Gasteiger partial charge in [-0.15, -0.1) is 0 Å². The number of hydrogen-bond acceptors (Lipinski definition) is 5. The van der Waals surface area contributed by atoms with Gasteiger partial charge in [-0.3, -0.25) is 0 Å². The van der Waals surface area contributed by atoms with Gasteiger partial charge in [0, 0.05) is 39.7 Å². The summed E-state index contributed by atoms with van der Waals surface area (Å²) in [4.78, 5) is 6.79. The Morgan fingerprint density at radius 3 is 2.75 bits per heavy atom. The Balaban J connectivity index is 2.18. The minimum absolute atomic E-state index is 0.465. The van der Waals surface area contributed by atoms with Gasteiger partial charge in [0.05, 0.1) is 0 Å². The number of rotatable bonds is 4. The van der Waals surface area contributed by atoms with Gasteiger partial charge in [0.1, 0.15) is 6.73 Å². The summed E-state index contributed by atoms with van der Waals surface area (Å²) >= 11 is 0. The molecular weight excluding hydrogens is 206 g/mol. The molecule has 16 heavy (non-hydrogen) atoms. The van der Waals surface area contributed by atoms with Crippen molar-refractivity contribution in [2.45, 2.75) is 20.1 Å². The van der Waals surface area contributed by atoms with Gasteiger partial charge in [-0.05, 0) is 0 Å². The van der Waals surface area contributed by atoms with E-state index >= 15 is 0 Å². The van der Waals surface area contributed by atoms with Gasteiger partial charge >= 0.3 is 0 Å². The van der Waals surface area contributed by atoms with Crippen LogP contribution in [-0.4, -0.2) is 48.1 Å². The molecule has 1 aromatic heterocycles. The molecule has 1 saturated heterocycles. The Hall–Kier alpha value is -1.14. The van der Waals surface area contributed by atoms with E-state index < -0.39 is 0 Å². The van der Waals surface area contributed by atoms with E-state index in [1.54, 1.807) is 7.11 Å². The second kappa shape index (κ2) is 5.27. The van der Waals surface area contributed by atoms with Crippen molar-refractivity contribution >= 4 is 5.95 Å². The van der Waals surface area contributed by atoms with Crippen LogP contribution in [-0.2, 0) is 17.9 Å². The SMILES string of the molecule is CCc1nc(N2CCNCC2)n(COC)n1. The van der Waals surface area contributed by atoms with Crippen LogP contribution in [0.2, 0.25) is 0 Å².